The van der Waals surface area contributed by atoms with Gasteiger partial charge in [-0.3, -0.25) is 0 Å². The molecule has 0 spiro atoms. The van der Waals surface area contributed by atoms with Crippen molar-refractivity contribution in [3.63, 3.8) is 0 Å². The Bertz CT molecular complexity index is 457. The molecule has 1 N–H and O–H groups in total. The Hall–Kier alpha value is -0.580. The molecule has 0 radical (unpaired) electrons. The lowest BCUT2D eigenvalue weighted by atomic mass is 10.1. The predicted octanol–water partition coefficient (Wildman–Crippen LogP) is 2.73. The maximum atomic E-state index is 11.7. The monoisotopic (exact) mass is 261 g/mol. The van der Waals surface area contributed by atoms with Crippen LogP contribution in [0, 0.1) is 0 Å². The highest BCUT2D eigenvalue weighted by molar-refractivity contribution is 7.90. The summed E-state index contributed by atoms with van der Waals surface area (Å²) in [4.78, 5) is 0. The smallest absolute Gasteiger partial charge is 0.212 e. The molecular weight excluding hydrogens is 246 g/mol. The Morgan fingerprint density at radius 3 is 2.25 bits per heavy atom. The van der Waals surface area contributed by atoms with Gasteiger partial charge in [0.15, 0.2) is 0 Å². The molecule has 0 saturated heterocycles. The molecule has 1 atom stereocenters. The molecular formula is C11H16ClNO2S. The lowest BCUT2D eigenvalue weighted by molar-refractivity contribution is 0.558. The van der Waals surface area contributed by atoms with Crippen molar-refractivity contribution in [1.82, 2.24) is 4.72 Å². The molecule has 5 heteroatoms. The summed E-state index contributed by atoms with van der Waals surface area (Å²) in [5.74, 6) is 0. The third kappa shape index (κ3) is 3.20. The average molecular weight is 262 g/mol. The van der Waals surface area contributed by atoms with Crippen LogP contribution in [-0.4, -0.2) is 13.7 Å². The highest BCUT2D eigenvalue weighted by Gasteiger charge is 2.20. The number of hydrogen-bond donors (Lipinski definition) is 1. The quantitative estimate of drug-likeness (QED) is 0.906. The first-order chi connectivity index (χ1) is 7.34. The van der Waals surface area contributed by atoms with Crippen LogP contribution in [0.4, 0.5) is 0 Å². The summed E-state index contributed by atoms with van der Waals surface area (Å²) in [5.41, 5.74) is 0.786. The second-order valence-electron chi connectivity index (χ2n) is 3.95. The van der Waals surface area contributed by atoms with E-state index in [4.69, 9.17) is 11.6 Å². The van der Waals surface area contributed by atoms with E-state index in [1.807, 2.05) is 18.2 Å². The summed E-state index contributed by atoms with van der Waals surface area (Å²) in [6.45, 7) is 5.06. The van der Waals surface area contributed by atoms with Crippen molar-refractivity contribution in [2.24, 2.45) is 0 Å². The molecule has 0 fully saturated rings. The molecule has 1 aromatic rings. The van der Waals surface area contributed by atoms with E-state index in [-0.39, 0.29) is 6.04 Å². The largest absolute Gasteiger partial charge is 0.214 e. The van der Waals surface area contributed by atoms with E-state index < -0.39 is 15.3 Å². The number of benzene rings is 1. The fourth-order valence-electron chi connectivity index (χ4n) is 1.27. The SMILES string of the molecule is CC(C)S(=O)(=O)N[C@H](C)c1ccccc1Cl. The Kier molecular flexibility index (Phi) is 4.35. The first-order valence-electron chi connectivity index (χ1n) is 5.10. The molecule has 0 aliphatic rings. The zero-order valence-electron chi connectivity index (χ0n) is 9.57. The van der Waals surface area contributed by atoms with Gasteiger partial charge in [0, 0.05) is 11.1 Å². The summed E-state index contributed by atoms with van der Waals surface area (Å²) in [7, 11) is -3.27. The Labute approximate surface area is 102 Å². The van der Waals surface area contributed by atoms with Crippen LogP contribution in [0.25, 0.3) is 0 Å². The maximum Gasteiger partial charge on any atom is 0.214 e. The van der Waals surface area contributed by atoms with E-state index in [1.165, 1.54) is 0 Å². The first-order valence-corrected chi connectivity index (χ1v) is 7.02. The standard InChI is InChI=1S/C11H16ClNO2S/c1-8(2)16(14,15)13-9(3)10-6-4-5-7-11(10)12/h4-9,13H,1-3H3/t9-/m1/s1. The van der Waals surface area contributed by atoms with Crippen molar-refractivity contribution < 1.29 is 8.42 Å². The van der Waals surface area contributed by atoms with Gasteiger partial charge >= 0.3 is 0 Å². The van der Waals surface area contributed by atoms with Gasteiger partial charge in [-0.05, 0) is 32.4 Å². The van der Waals surface area contributed by atoms with Gasteiger partial charge in [-0.2, -0.15) is 0 Å². The number of sulfonamides is 1. The molecule has 16 heavy (non-hydrogen) atoms. The van der Waals surface area contributed by atoms with Crippen LogP contribution in [0.15, 0.2) is 24.3 Å². The molecule has 0 aliphatic heterocycles. The summed E-state index contributed by atoms with van der Waals surface area (Å²) in [6.07, 6.45) is 0. The van der Waals surface area contributed by atoms with Crippen LogP contribution in [0.2, 0.25) is 5.02 Å². The topological polar surface area (TPSA) is 46.2 Å². The van der Waals surface area contributed by atoms with Gasteiger partial charge in [-0.1, -0.05) is 29.8 Å². The number of halogens is 1. The molecule has 0 unspecified atom stereocenters. The minimum absolute atomic E-state index is 0.318. The van der Waals surface area contributed by atoms with Crippen molar-refractivity contribution in [2.75, 3.05) is 0 Å². The second kappa shape index (κ2) is 5.17. The fraction of sp³-hybridized carbons (Fsp3) is 0.455. The number of nitrogens with one attached hydrogen (secondary N) is 1. The van der Waals surface area contributed by atoms with Crippen molar-refractivity contribution in [3.8, 4) is 0 Å². The van der Waals surface area contributed by atoms with E-state index in [0.717, 1.165) is 5.56 Å². The molecule has 0 heterocycles. The molecule has 0 aliphatic carbocycles. The normalized spacial score (nSPS) is 14.1. The van der Waals surface area contributed by atoms with E-state index in [9.17, 15) is 8.42 Å². The van der Waals surface area contributed by atoms with E-state index >= 15 is 0 Å². The average Bonchev–Trinajstić information content (AvgIpc) is 2.17. The van der Waals surface area contributed by atoms with Crippen LogP contribution in [0.1, 0.15) is 32.4 Å². The van der Waals surface area contributed by atoms with Crippen molar-refractivity contribution in [3.05, 3.63) is 34.9 Å². The Balaban J connectivity index is 2.89. The second-order valence-corrected chi connectivity index (χ2v) is 6.63. The van der Waals surface area contributed by atoms with Crippen LogP contribution in [0.5, 0.6) is 0 Å². The number of hydrogen-bond acceptors (Lipinski definition) is 2. The van der Waals surface area contributed by atoms with Crippen LogP contribution in [0.3, 0.4) is 0 Å². The molecule has 3 nitrogen and oxygen atoms in total. The summed E-state index contributed by atoms with van der Waals surface area (Å²) in [6, 6.07) is 6.89. The lowest BCUT2D eigenvalue weighted by Crippen LogP contribution is -2.33. The predicted molar refractivity (Wildman–Crippen MR) is 67.1 cm³/mol. The molecule has 1 rings (SSSR count). The minimum Gasteiger partial charge on any atom is -0.212 e. The van der Waals surface area contributed by atoms with Gasteiger partial charge in [0.05, 0.1) is 5.25 Å². The van der Waals surface area contributed by atoms with Crippen LogP contribution < -0.4 is 4.72 Å². The number of rotatable bonds is 4. The fourth-order valence-corrected chi connectivity index (χ4v) is 2.46. The highest BCUT2D eigenvalue weighted by atomic mass is 35.5. The van der Waals surface area contributed by atoms with Crippen LogP contribution in [-0.2, 0) is 10.0 Å². The van der Waals surface area contributed by atoms with Gasteiger partial charge in [-0.25, -0.2) is 13.1 Å². The minimum atomic E-state index is -3.27. The molecule has 90 valence electrons. The van der Waals surface area contributed by atoms with Gasteiger partial charge in [0.2, 0.25) is 10.0 Å². The Morgan fingerprint density at radius 2 is 1.75 bits per heavy atom. The van der Waals surface area contributed by atoms with Crippen molar-refractivity contribution in [1.29, 1.82) is 0 Å². The van der Waals surface area contributed by atoms with E-state index in [2.05, 4.69) is 4.72 Å². The van der Waals surface area contributed by atoms with Crippen molar-refractivity contribution >= 4 is 21.6 Å². The van der Waals surface area contributed by atoms with E-state index in [0.29, 0.717) is 5.02 Å². The highest BCUT2D eigenvalue weighted by Crippen LogP contribution is 2.23. The van der Waals surface area contributed by atoms with Crippen LogP contribution >= 0.6 is 11.6 Å². The summed E-state index contributed by atoms with van der Waals surface area (Å²) >= 11 is 5.99. The zero-order valence-corrected chi connectivity index (χ0v) is 11.1. The van der Waals surface area contributed by atoms with Gasteiger partial charge in [0.1, 0.15) is 0 Å². The lowest BCUT2D eigenvalue weighted by Gasteiger charge is -2.17. The maximum absolute atomic E-state index is 11.7. The zero-order chi connectivity index (χ0) is 12.3. The first kappa shape index (κ1) is 13.5. The molecule has 0 aromatic heterocycles. The molecule has 0 bridgehead atoms. The van der Waals surface area contributed by atoms with Gasteiger partial charge in [-0.15, -0.1) is 0 Å². The molecule has 0 saturated carbocycles. The molecule has 1 aromatic carbocycles. The molecule has 0 amide bonds. The summed E-state index contributed by atoms with van der Waals surface area (Å²) < 4.78 is 25.9. The van der Waals surface area contributed by atoms with Gasteiger partial charge in [0.25, 0.3) is 0 Å². The van der Waals surface area contributed by atoms with Gasteiger partial charge < -0.3 is 0 Å². The Morgan fingerprint density at radius 1 is 1.19 bits per heavy atom. The summed E-state index contributed by atoms with van der Waals surface area (Å²) in [5, 5.41) is 0.124. The van der Waals surface area contributed by atoms with Crippen molar-refractivity contribution in [2.45, 2.75) is 32.1 Å². The third-order valence-corrected chi connectivity index (χ3v) is 4.60. The van der Waals surface area contributed by atoms with E-state index in [1.54, 1.807) is 26.8 Å². The third-order valence-electron chi connectivity index (χ3n) is 2.33.